The van der Waals surface area contributed by atoms with E-state index in [2.05, 4.69) is 20.8 Å². The van der Waals surface area contributed by atoms with Crippen LogP contribution in [0, 0.1) is 17.8 Å². The van der Waals surface area contributed by atoms with Crippen LogP contribution < -0.4 is 5.32 Å². The summed E-state index contributed by atoms with van der Waals surface area (Å²) in [4.78, 5) is 12.4. The number of hydrogen-bond acceptors (Lipinski definition) is 4. The minimum atomic E-state index is 0.146. The van der Waals surface area contributed by atoms with Crippen molar-refractivity contribution in [1.29, 1.82) is 0 Å². The van der Waals surface area contributed by atoms with E-state index in [4.69, 9.17) is 0 Å². The number of fused-ring (bicyclic) bond motifs is 2. The second-order valence-corrected chi connectivity index (χ2v) is 7.94. The zero-order valence-corrected chi connectivity index (χ0v) is 14.3. The van der Waals surface area contributed by atoms with Gasteiger partial charge in [-0.2, -0.15) is 0 Å². The summed E-state index contributed by atoms with van der Waals surface area (Å²) in [5, 5.41) is 15.1. The molecule has 3 unspecified atom stereocenters. The summed E-state index contributed by atoms with van der Waals surface area (Å²) in [6, 6.07) is 8.31. The van der Waals surface area contributed by atoms with Gasteiger partial charge < -0.3 is 5.32 Å². The molecule has 0 aliphatic heterocycles. The Morgan fingerprint density at radius 3 is 2.64 bits per heavy atom. The Bertz CT molecular complexity index is 779. The molecule has 3 atom stereocenters. The third-order valence-corrected chi connectivity index (χ3v) is 6.14. The number of nitrogens with one attached hydrogen (secondary N) is 1. The van der Waals surface area contributed by atoms with Gasteiger partial charge in [-0.05, 0) is 84.6 Å². The van der Waals surface area contributed by atoms with Gasteiger partial charge in [0, 0.05) is 17.7 Å². The minimum Gasteiger partial charge on any atom is -0.326 e. The molecule has 1 heterocycles. The number of rotatable bonds is 5. The zero-order chi connectivity index (χ0) is 16.8. The van der Waals surface area contributed by atoms with Gasteiger partial charge in [0.1, 0.15) is 0 Å². The summed E-state index contributed by atoms with van der Waals surface area (Å²) in [5.74, 6) is 3.23. The fourth-order valence-corrected chi connectivity index (χ4v) is 4.73. The zero-order valence-electron chi connectivity index (χ0n) is 14.3. The quantitative estimate of drug-likeness (QED) is 0.907. The van der Waals surface area contributed by atoms with Crippen molar-refractivity contribution in [2.45, 2.75) is 51.0 Å². The summed E-state index contributed by atoms with van der Waals surface area (Å²) in [7, 11) is 0. The highest BCUT2D eigenvalue weighted by Gasteiger charge is 2.40. The predicted molar refractivity (Wildman–Crippen MR) is 93.7 cm³/mol. The van der Waals surface area contributed by atoms with E-state index in [1.807, 2.05) is 28.9 Å². The fraction of sp³-hybridized carbons (Fsp3) is 0.579. The Morgan fingerprint density at radius 2 is 1.96 bits per heavy atom. The Labute approximate surface area is 147 Å². The van der Waals surface area contributed by atoms with Gasteiger partial charge in [-0.1, -0.05) is 6.42 Å². The first-order chi connectivity index (χ1) is 12.3. The van der Waals surface area contributed by atoms with Crippen LogP contribution in [-0.4, -0.2) is 26.1 Å². The first-order valence-electron chi connectivity index (χ1n) is 9.44. The summed E-state index contributed by atoms with van der Waals surface area (Å²) in [6.07, 6.45) is 8.27. The predicted octanol–water partition coefficient (Wildman–Crippen LogP) is 3.44. The maximum Gasteiger partial charge on any atom is 0.224 e. The molecule has 2 aromatic rings. The van der Waals surface area contributed by atoms with Gasteiger partial charge in [-0.3, -0.25) is 4.79 Å². The first kappa shape index (κ1) is 15.0. The van der Waals surface area contributed by atoms with E-state index in [1.54, 1.807) is 0 Å². The normalized spacial score (nSPS) is 27.6. The van der Waals surface area contributed by atoms with Crippen molar-refractivity contribution in [3.63, 3.8) is 0 Å². The van der Waals surface area contributed by atoms with Gasteiger partial charge >= 0.3 is 0 Å². The van der Waals surface area contributed by atoms with Crippen molar-refractivity contribution in [3.05, 3.63) is 24.3 Å². The number of aromatic nitrogens is 4. The number of carbonyl (C=O) groups is 1. The van der Waals surface area contributed by atoms with E-state index < -0.39 is 0 Å². The van der Waals surface area contributed by atoms with Crippen LogP contribution in [-0.2, 0) is 4.79 Å². The number of anilines is 1. The molecule has 3 fully saturated rings. The van der Waals surface area contributed by atoms with E-state index in [1.165, 1.54) is 25.7 Å². The molecule has 1 N–H and O–H groups in total. The monoisotopic (exact) mass is 337 g/mol. The van der Waals surface area contributed by atoms with Gasteiger partial charge in [-0.25, -0.2) is 4.68 Å². The first-order valence-corrected chi connectivity index (χ1v) is 9.44. The average Bonchev–Trinajstić information content (AvgIpc) is 3.03. The molecule has 1 aromatic heterocycles. The standard InChI is InChI=1S/C19H23N5O/c25-18(11-15-10-12-1-2-14(15)9-12)20-16-5-3-13(4-6-16)19-21-22-23-24(19)17-7-8-17/h3-6,12,14-15,17H,1-2,7-11H2,(H,20,25). The highest BCUT2D eigenvalue weighted by molar-refractivity contribution is 5.91. The van der Waals surface area contributed by atoms with E-state index in [0.717, 1.165) is 41.8 Å². The van der Waals surface area contributed by atoms with Gasteiger partial charge in [0.15, 0.2) is 5.82 Å². The second-order valence-electron chi connectivity index (χ2n) is 7.94. The number of nitrogens with zero attached hydrogens (tertiary/aromatic N) is 4. The molecule has 6 heteroatoms. The summed E-state index contributed by atoms with van der Waals surface area (Å²) in [6.45, 7) is 0. The maximum atomic E-state index is 12.4. The maximum absolute atomic E-state index is 12.4. The van der Waals surface area contributed by atoms with Crippen molar-refractivity contribution in [2.75, 3.05) is 5.32 Å². The van der Waals surface area contributed by atoms with E-state index in [-0.39, 0.29) is 5.91 Å². The van der Waals surface area contributed by atoms with Crippen LogP contribution in [0.2, 0.25) is 0 Å². The molecule has 25 heavy (non-hydrogen) atoms. The van der Waals surface area contributed by atoms with Gasteiger partial charge in [0.25, 0.3) is 0 Å². The van der Waals surface area contributed by atoms with Crippen molar-refractivity contribution in [2.24, 2.45) is 17.8 Å². The number of benzene rings is 1. The SMILES string of the molecule is O=C(CC1CC2CCC1C2)Nc1ccc(-c2nnnn2C2CC2)cc1. The van der Waals surface area contributed by atoms with Gasteiger partial charge in [0.05, 0.1) is 6.04 Å². The van der Waals surface area contributed by atoms with Crippen molar-refractivity contribution >= 4 is 11.6 Å². The summed E-state index contributed by atoms with van der Waals surface area (Å²) in [5.41, 5.74) is 1.84. The van der Waals surface area contributed by atoms with Crippen LogP contribution in [0.25, 0.3) is 11.4 Å². The van der Waals surface area contributed by atoms with Gasteiger partial charge in [-0.15, -0.1) is 5.10 Å². The molecule has 2 bridgehead atoms. The molecular weight excluding hydrogens is 314 g/mol. The lowest BCUT2D eigenvalue weighted by atomic mass is 9.86. The second kappa shape index (κ2) is 5.93. The van der Waals surface area contributed by atoms with E-state index >= 15 is 0 Å². The number of amides is 1. The van der Waals surface area contributed by atoms with Crippen LogP contribution in [0.15, 0.2) is 24.3 Å². The molecule has 3 saturated carbocycles. The lowest BCUT2D eigenvalue weighted by Gasteiger charge is -2.20. The molecule has 0 radical (unpaired) electrons. The van der Waals surface area contributed by atoms with Crippen molar-refractivity contribution in [3.8, 4) is 11.4 Å². The molecule has 3 aliphatic carbocycles. The van der Waals surface area contributed by atoms with Crippen LogP contribution in [0.3, 0.4) is 0 Å². The highest BCUT2D eigenvalue weighted by atomic mass is 16.1. The topological polar surface area (TPSA) is 72.7 Å². The number of carbonyl (C=O) groups excluding carboxylic acids is 1. The van der Waals surface area contributed by atoms with Crippen LogP contribution in [0.1, 0.15) is 51.0 Å². The fourth-order valence-electron chi connectivity index (χ4n) is 4.73. The third kappa shape index (κ3) is 2.94. The summed E-state index contributed by atoms with van der Waals surface area (Å²) >= 11 is 0. The molecule has 130 valence electrons. The Morgan fingerprint density at radius 1 is 1.12 bits per heavy atom. The Hall–Kier alpha value is -2.24. The number of hydrogen-bond donors (Lipinski definition) is 1. The van der Waals surface area contributed by atoms with Crippen molar-refractivity contribution < 1.29 is 4.79 Å². The van der Waals surface area contributed by atoms with Crippen LogP contribution in [0.4, 0.5) is 5.69 Å². The largest absolute Gasteiger partial charge is 0.326 e. The molecular formula is C19H23N5O. The lowest BCUT2D eigenvalue weighted by molar-refractivity contribution is -0.117. The molecule has 5 rings (SSSR count). The third-order valence-electron chi connectivity index (χ3n) is 6.14. The molecule has 6 nitrogen and oxygen atoms in total. The molecule has 1 aromatic carbocycles. The number of tetrazole rings is 1. The Balaban J connectivity index is 1.23. The van der Waals surface area contributed by atoms with Crippen LogP contribution in [0.5, 0.6) is 0 Å². The van der Waals surface area contributed by atoms with Crippen LogP contribution >= 0.6 is 0 Å². The average molecular weight is 337 g/mol. The van der Waals surface area contributed by atoms with Crippen molar-refractivity contribution in [1.82, 2.24) is 20.2 Å². The van der Waals surface area contributed by atoms with Gasteiger partial charge in [0.2, 0.25) is 5.91 Å². The molecule has 0 spiro atoms. The minimum absolute atomic E-state index is 0.146. The smallest absolute Gasteiger partial charge is 0.224 e. The van der Waals surface area contributed by atoms with E-state index in [9.17, 15) is 4.79 Å². The lowest BCUT2D eigenvalue weighted by Crippen LogP contribution is -2.20. The molecule has 1 amide bonds. The Kier molecular flexibility index (Phi) is 3.57. The molecule has 0 saturated heterocycles. The van der Waals surface area contributed by atoms with E-state index in [0.29, 0.717) is 18.4 Å². The summed E-state index contributed by atoms with van der Waals surface area (Å²) < 4.78 is 1.91. The molecule has 3 aliphatic rings. The highest BCUT2D eigenvalue weighted by Crippen LogP contribution is 2.49.